The lowest BCUT2D eigenvalue weighted by molar-refractivity contribution is -0.146. The molecule has 10 heteroatoms. The molecule has 4 rings (SSSR count). The number of carbonyl (C=O) groups is 1. The average molecular weight is 417 g/mol. The Morgan fingerprint density at radius 2 is 2.14 bits per heavy atom. The SMILES string of the molecule is C[C@H](N=C1NS(=O)(=O)c2ccccc21)C(=O)OCc1coc(-c2cccs2)n1. The number of rotatable bonds is 5. The number of benzene rings is 1. The maximum atomic E-state index is 12.3. The van der Waals surface area contributed by atoms with Crippen LogP contribution in [-0.4, -0.2) is 31.2 Å². The summed E-state index contributed by atoms with van der Waals surface area (Å²) in [6.07, 6.45) is 1.43. The van der Waals surface area contributed by atoms with Gasteiger partial charge in [-0.3, -0.25) is 9.71 Å². The molecule has 28 heavy (non-hydrogen) atoms. The average Bonchev–Trinajstić information content (AvgIpc) is 3.40. The molecule has 0 saturated heterocycles. The molecule has 2 aromatic heterocycles. The van der Waals surface area contributed by atoms with Crippen LogP contribution in [0.15, 0.2) is 62.3 Å². The van der Waals surface area contributed by atoms with E-state index < -0.39 is 22.0 Å². The molecular weight excluding hydrogens is 402 g/mol. The number of esters is 1. The molecule has 1 aromatic carbocycles. The van der Waals surface area contributed by atoms with Crippen LogP contribution in [0.2, 0.25) is 0 Å². The van der Waals surface area contributed by atoms with Crippen molar-refractivity contribution in [3.05, 3.63) is 59.3 Å². The van der Waals surface area contributed by atoms with Crippen molar-refractivity contribution in [3.8, 4) is 10.8 Å². The van der Waals surface area contributed by atoms with E-state index in [1.807, 2.05) is 17.5 Å². The lowest BCUT2D eigenvalue weighted by atomic mass is 10.2. The monoisotopic (exact) mass is 417 g/mol. The first-order valence-electron chi connectivity index (χ1n) is 8.29. The lowest BCUT2D eigenvalue weighted by Crippen LogP contribution is -2.26. The van der Waals surface area contributed by atoms with E-state index in [1.165, 1.54) is 30.6 Å². The normalized spacial score (nSPS) is 17.1. The van der Waals surface area contributed by atoms with Gasteiger partial charge < -0.3 is 9.15 Å². The zero-order valence-electron chi connectivity index (χ0n) is 14.7. The Bertz CT molecular complexity index is 1150. The fourth-order valence-corrected chi connectivity index (χ4v) is 4.52. The summed E-state index contributed by atoms with van der Waals surface area (Å²) in [6, 6.07) is 9.32. The van der Waals surface area contributed by atoms with E-state index in [-0.39, 0.29) is 17.3 Å². The summed E-state index contributed by atoms with van der Waals surface area (Å²) in [4.78, 5) is 21.7. The molecule has 1 atom stereocenters. The minimum atomic E-state index is -3.65. The van der Waals surface area contributed by atoms with Gasteiger partial charge in [0.05, 0.1) is 9.77 Å². The van der Waals surface area contributed by atoms with Crippen molar-refractivity contribution in [1.82, 2.24) is 9.71 Å². The van der Waals surface area contributed by atoms with Crippen LogP contribution in [-0.2, 0) is 26.2 Å². The van der Waals surface area contributed by atoms with Crippen LogP contribution < -0.4 is 4.72 Å². The molecule has 0 bridgehead atoms. The number of carbonyl (C=O) groups excluding carboxylic acids is 1. The Balaban J connectivity index is 1.43. The van der Waals surface area contributed by atoms with Crippen molar-refractivity contribution in [1.29, 1.82) is 0 Å². The van der Waals surface area contributed by atoms with Gasteiger partial charge in [0.1, 0.15) is 30.4 Å². The summed E-state index contributed by atoms with van der Waals surface area (Å²) >= 11 is 1.49. The van der Waals surface area contributed by atoms with Crippen LogP contribution in [0.1, 0.15) is 18.2 Å². The molecule has 1 aliphatic rings. The molecule has 0 aliphatic carbocycles. The van der Waals surface area contributed by atoms with Gasteiger partial charge in [-0.2, -0.15) is 0 Å². The van der Waals surface area contributed by atoms with Crippen molar-refractivity contribution in [3.63, 3.8) is 0 Å². The smallest absolute Gasteiger partial charge is 0.331 e. The number of hydrogen-bond acceptors (Lipinski definition) is 8. The van der Waals surface area contributed by atoms with Crippen molar-refractivity contribution in [2.45, 2.75) is 24.5 Å². The quantitative estimate of drug-likeness (QED) is 0.639. The van der Waals surface area contributed by atoms with Crippen molar-refractivity contribution >= 4 is 33.2 Å². The van der Waals surface area contributed by atoms with E-state index in [9.17, 15) is 13.2 Å². The molecule has 0 fully saturated rings. The van der Waals surface area contributed by atoms with E-state index in [1.54, 1.807) is 18.2 Å². The number of fused-ring (bicyclic) bond motifs is 1. The molecule has 1 aliphatic heterocycles. The number of nitrogens with zero attached hydrogens (tertiary/aromatic N) is 2. The van der Waals surface area contributed by atoms with Gasteiger partial charge in [0.25, 0.3) is 10.0 Å². The van der Waals surface area contributed by atoms with Crippen LogP contribution in [0.5, 0.6) is 0 Å². The summed E-state index contributed by atoms with van der Waals surface area (Å²) in [6.45, 7) is 1.47. The van der Waals surface area contributed by atoms with Crippen LogP contribution in [0.4, 0.5) is 0 Å². The first-order valence-corrected chi connectivity index (χ1v) is 10.7. The second-order valence-electron chi connectivity index (χ2n) is 5.98. The van der Waals surface area contributed by atoms with E-state index in [0.29, 0.717) is 17.1 Å². The van der Waals surface area contributed by atoms with Crippen molar-refractivity contribution in [2.75, 3.05) is 0 Å². The first-order chi connectivity index (χ1) is 13.4. The highest BCUT2D eigenvalue weighted by molar-refractivity contribution is 7.90. The summed E-state index contributed by atoms with van der Waals surface area (Å²) < 4.78 is 37.2. The molecule has 8 nitrogen and oxygen atoms in total. The Morgan fingerprint density at radius 1 is 1.32 bits per heavy atom. The highest BCUT2D eigenvalue weighted by Gasteiger charge is 2.31. The van der Waals surface area contributed by atoms with Gasteiger partial charge in [-0.15, -0.1) is 11.3 Å². The minimum Gasteiger partial charge on any atom is -0.457 e. The predicted octanol–water partition coefficient (Wildman–Crippen LogP) is 2.57. The van der Waals surface area contributed by atoms with Gasteiger partial charge in [-0.25, -0.2) is 18.2 Å². The molecule has 144 valence electrons. The summed E-state index contributed by atoms with van der Waals surface area (Å²) in [5.41, 5.74) is 0.905. The molecule has 1 N–H and O–H groups in total. The second-order valence-corrected chi connectivity index (χ2v) is 8.58. The van der Waals surface area contributed by atoms with Crippen LogP contribution in [0.25, 0.3) is 10.8 Å². The van der Waals surface area contributed by atoms with Gasteiger partial charge in [0.2, 0.25) is 5.89 Å². The predicted molar refractivity (Wildman–Crippen MR) is 102 cm³/mol. The third kappa shape index (κ3) is 3.56. The zero-order valence-corrected chi connectivity index (χ0v) is 16.3. The Morgan fingerprint density at radius 3 is 2.93 bits per heavy atom. The molecule has 0 unspecified atom stereocenters. The lowest BCUT2D eigenvalue weighted by Gasteiger charge is -2.08. The summed E-state index contributed by atoms with van der Waals surface area (Å²) in [5.74, 6) is -0.00969. The van der Waals surface area contributed by atoms with Crippen molar-refractivity contribution in [2.24, 2.45) is 4.99 Å². The third-order valence-corrected chi connectivity index (χ3v) is 6.23. The Hall–Kier alpha value is -2.98. The topological polar surface area (TPSA) is 111 Å². The highest BCUT2D eigenvalue weighted by atomic mass is 32.2. The van der Waals surface area contributed by atoms with Crippen LogP contribution in [0.3, 0.4) is 0 Å². The maximum Gasteiger partial charge on any atom is 0.331 e. The number of hydrogen-bond donors (Lipinski definition) is 1. The molecule has 0 saturated carbocycles. The van der Waals surface area contributed by atoms with Gasteiger partial charge in [0.15, 0.2) is 0 Å². The third-order valence-electron chi connectivity index (χ3n) is 3.97. The van der Waals surface area contributed by atoms with Crippen LogP contribution in [0, 0.1) is 0 Å². The van der Waals surface area contributed by atoms with E-state index >= 15 is 0 Å². The number of oxazole rings is 1. The first kappa shape index (κ1) is 18.4. The molecule has 3 aromatic rings. The summed E-state index contributed by atoms with van der Waals surface area (Å²) in [7, 11) is -3.65. The Labute approximate surface area is 164 Å². The van der Waals surface area contributed by atoms with Gasteiger partial charge in [0, 0.05) is 5.56 Å². The molecule has 0 amide bonds. The van der Waals surface area contributed by atoms with E-state index in [2.05, 4.69) is 14.7 Å². The zero-order chi connectivity index (χ0) is 19.7. The molecular formula is C18H15N3O5S2. The molecule has 0 radical (unpaired) electrons. The number of amidine groups is 1. The van der Waals surface area contributed by atoms with Crippen molar-refractivity contribution < 1.29 is 22.4 Å². The highest BCUT2D eigenvalue weighted by Crippen LogP contribution is 2.24. The number of ether oxygens (including phenoxy) is 1. The maximum absolute atomic E-state index is 12.3. The van der Waals surface area contributed by atoms with Gasteiger partial charge in [-0.1, -0.05) is 18.2 Å². The standard InChI is InChI=1S/C18H15N3O5S2/c1-11(19-16-13-5-2-3-7-15(13)28(23,24)21-16)18(22)26-10-12-9-25-17(20-12)14-6-4-8-27-14/h2-9,11H,10H2,1H3,(H,19,21)/t11-/m0/s1. The summed E-state index contributed by atoms with van der Waals surface area (Å²) in [5, 5.41) is 1.91. The fourth-order valence-electron chi connectivity index (χ4n) is 2.63. The van der Waals surface area contributed by atoms with E-state index in [0.717, 1.165) is 4.88 Å². The fraction of sp³-hybridized carbons (Fsp3) is 0.167. The number of aliphatic imine (C=N–C) groups is 1. The second kappa shape index (κ2) is 7.21. The van der Waals surface area contributed by atoms with Gasteiger partial charge in [-0.05, 0) is 30.5 Å². The molecule has 0 spiro atoms. The van der Waals surface area contributed by atoms with Gasteiger partial charge >= 0.3 is 5.97 Å². The Kier molecular flexibility index (Phi) is 4.73. The number of nitrogens with one attached hydrogen (secondary N) is 1. The largest absolute Gasteiger partial charge is 0.457 e. The number of aromatic nitrogens is 1. The molecule has 3 heterocycles. The van der Waals surface area contributed by atoms with Crippen LogP contribution >= 0.6 is 11.3 Å². The minimum absolute atomic E-state index is 0.0643. The van der Waals surface area contributed by atoms with E-state index in [4.69, 9.17) is 9.15 Å². The number of sulfonamides is 1. The number of thiophene rings is 1.